The Morgan fingerprint density at radius 2 is 1.27 bits per heavy atom. The van der Waals surface area contributed by atoms with E-state index in [0.717, 1.165) is 13.1 Å². The molecular weight excluding hydrogens is 357 g/mol. The maximum absolute atomic E-state index is 13.5. The highest BCUT2D eigenvalue weighted by Gasteiger charge is 2.38. The number of rotatable bonds is 9. The first-order valence-corrected chi connectivity index (χ1v) is 10.5. The molecular formula is C17H36N3O5P. The van der Waals surface area contributed by atoms with E-state index in [2.05, 4.69) is 4.76 Å². The molecule has 1 heterocycles. The van der Waals surface area contributed by atoms with Gasteiger partial charge < -0.3 is 19.3 Å². The number of methoxy groups -OCH3 is 2. The van der Waals surface area contributed by atoms with Gasteiger partial charge in [-0.2, -0.15) is 0 Å². The van der Waals surface area contributed by atoms with Gasteiger partial charge in [0, 0.05) is 40.4 Å². The van der Waals surface area contributed by atoms with Gasteiger partial charge in [-0.05, 0) is 41.5 Å². The van der Waals surface area contributed by atoms with Crippen LogP contribution < -0.4 is 0 Å². The van der Waals surface area contributed by atoms with Gasteiger partial charge in [-0.25, -0.2) is 4.57 Å². The molecule has 0 saturated carbocycles. The lowest BCUT2D eigenvalue weighted by Gasteiger charge is -2.31. The van der Waals surface area contributed by atoms with Crippen molar-refractivity contribution in [1.29, 1.82) is 0 Å². The van der Waals surface area contributed by atoms with Gasteiger partial charge in [-0.3, -0.25) is 9.05 Å². The van der Waals surface area contributed by atoms with Crippen molar-refractivity contribution in [2.24, 2.45) is 4.76 Å². The summed E-state index contributed by atoms with van der Waals surface area (Å²) in [5.41, 5.74) is -1.31. The minimum absolute atomic E-state index is 0.557. The summed E-state index contributed by atoms with van der Waals surface area (Å²) in [7, 11) is -0.410. The highest BCUT2D eigenvalue weighted by atomic mass is 31.2. The molecule has 1 aliphatic rings. The van der Waals surface area contributed by atoms with E-state index in [0.29, 0.717) is 32.3 Å². The topological polar surface area (TPSA) is 72.8 Å². The lowest BCUT2D eigenvalue weighted by molar-refractivity contribution is 0.0493. The Bertz CT molecular complexity index is 476. The van der Waals surface area contributed by atoms with E-state index in [4.69, 9.17) is 18.5 Å². The highest BCUT2D eigenvalue weighted by Crippen LogP contribution is 2.56. The zero-order valence-corrected chi connectivity index (χ0v) is 18.5. The van der Waals surface area contributed by atoms with Crippen molar-refractivity contribution in [3.63, 3.8) is 0 Å². The molecule has 0 aromatic carbocycles. The fraction of sp³-hybridized carbons (Fsp3) is 0.941. The largest absolute Gasteiger partial charge is 0.458 e. The molecule has 0 aromatic heterocycles. The Morgan fingerprint density at radius 3 is 1.58 bits per heavy atom. The molecule has 26 heavy (non-hydrogen) atoms. The van der Waals surface area contributed by atoms with E-state index in [9.17, 15) is 4.57 Å². The van der Waals surface area contributed by atoms with Crippen molar-refractivity contribution in [2.45, 2.75) is 52.7 Å². The fourth-order valence-corrected chi connectivity index (χ4v) is 4.43. The molecule has 9 heteroatoms. The smallest absolute Gasteiger partial charge is 0.383 e. The van der Waals surface area contributed by atoms with E-state index in [1.54, 1.807) is 14.2 Å². The molecule has 0 N–H and O–H groups in total. The number of hydrogen-bond donors (Lipinski definition) is 0. The predicted molar refractivity (Wildman–Crippen MR) is 104 cm³/mol. The predicted octanol–water partition coefficient (Wildman–Crippen LogP) is 2.99. The summed E-state index contributed by atoms with van der Waals surface area (Å²) in [6.07, 6.45) is 0. The number of hydrogen-bond acceptors (Lipinski definition) is 5. The molecule has 1 aliphatic heterocycles. The summed E-state index contributed by atoms with van der Waals surface area (Å²) >= 11 is 0. The molecule has 0 unspecified atom stereocenters. The van der Waals surface area contributed by atoms with E-state index in [1.807, 2.05) is 51.3 Å². The number of nitrogens with zero attached hydrogens (tertiary/aromatic N) is 3. The number of guanidine groups is 1. The maximum Gasteiger partial charge on any atom is 0.458 e. The molecule has 1 saturated heterocycles. The molecule has 8 nitrogen and oxygen atoms in total. The average Bonchev–Trinajstić information content (AvgIpc) is 2.80. The zero-order valence-electron chi connectivity index (χ0n) is 17.6. The van der Waals surface area contributed by atoms with Gasteiger partial charge in [0.1, 0.15) is 0 Å². The van der Waals surface area contributed by atoms with Gasteiger partial charge in [-0.1, -0.05) is 0 Å². The van der Waals surface area contributed by atoms with Gasteiger partial charge in [0.2, 0.25) is 5.96 Å². The Kier molecular flexibility index (Phi) is 8.55. The maximum atomic E-state index is 13.5. The molecule has 0 bridgehead atoms. The molecule has 0 spiro atoms. The third kappa shape index (κ3) is 8.35. The summed E-state index contributed by atoms with van der Waals surface area (Å²) < 4.78 is 40.0. The van der Waals surface area contributed by atoms with Crippen LogP contribution >= 0.6 is 7.75 Å². The summed E-state index contributed by atoms with van der Waals surface area (Å²) in [6, 6.07) is 0. The van der Waals surface area contributed by atoms with Crippen LogP contribution in [0.3, 0.4) is 0 Å². The second-order valence-electron chi connectivity index (χ2n) is 8.24. The summed E-state index contributed by atoms with van der Waals surface area (Å²) in [5.74, 6) is 0.607. The third-order valence-corrected chi connectivity index (χ3v) is 5.31. The zero-order chi connectivity index (χ0) is 20.0. The Balaban J connectivity index is 3.20. The molecule has 0 atom stereocenters. The van der Waals surface area contributed by atoms with Crippen LogP contribution in [0.4, 0.5) is 0 Å². The standard InChI is InChI=1S/C17H36N3O5P/c1-16(2,3)24-26(21,25-17(4,5)6)18-15-19(11-13-22-7)9-10-20(15)12-14-23-8/h9-14H2,1-8H3. The lowest BCUT2D eigenvalue weighted by Crippen LogP contribution is -2.37. The molecule has 154 valence electrons. The van der Waals surface area contributed by atoms with E-state index in [1.165, 1.54) is 0 Å². The highest BCUT2D eigenvalue weighted by molar-refractivity contribution is 7.52. The molecule has 1 rings (SSSR count). The quantitative estimate of drug-likeness (QED) is 0.558. The monoisotopic (exact) mass is 393 g/mol. The minimum Gasteiger partial charge on any atom is -0.383 e. The van der Waals surface area contributed by atoms with Crippen LogP contribution in [0.1, 0.15) is 41.5 Å². The first-order chi connectivity index (χ1) is 11.9. The van der Waals surface area contributed by atoms with Crippen molar-refractivity contribution in [1.82, 2.24) is 9.80 Å². The third-order valence-electron chi connectivity index (χ3n) is 3.33. The van der Waals surface area contributed by atoms with Crippen LogP contribution in [0, 0.1) is 0 Å². The van der Waals surface area contributed by atoms with Crippen LogP contribution in [0.15, 0.2) is 4.76 Å². The Labute approximate surface area is 158 Å². The van der Waals surface area contributed by atoms with Crippen molar-refractivity contribution < 1.29 is 23.1 Å². The van der Waals surface area contributed by atoms with E-state index >= 15 is 0 Å². The van der Waals surface area contributed by atoms with Gasteiger partial charge in [0.25, 0.3) is 0 Å². The van der Waals surface area contributed by atoms with Gasteiger partial charge in [0.15, 0.2) is 0 Å². The SMILES string of the molecule is COCCN1CCN(CCOC)C1=NP(=O)(OC(C)(C)C)OC(C)(C)C. The van der Waals surface area contributed by atoms with Crippen LogP contribution in [0.25, 0.3) is 0 Å². The molecule has 1 fully saturated rings. The second-order valence-corrected chi connectivity index (χ2v) is 9.74. The first kappa shape index (κ1) is 23.4. The van der Waals surface area contributed by atoms with E-state index in [-0.39, 0.29) is 0 Å². The number of ether oxygens (including phenoxy) is 2. The van der Waals surface area contributed by atoms with Gasteiger partial charge >= 0.3 is 7.75 Å². The first-order valence-electron chi connectivity index (χ1n) is 8.99. The van der Waals surface area contributed by atoms with Crippen molar-refractivity contribution in [3.05, 3.63) is 0 Å². The fourth-order valence-electron chi connectivity index (χ4n) is 2.46. The van der Waals surface area contributed by atoms with E-state index < -0.39 is 18.9 Å². The molecule has 0 amide bonds. The van der Waals surface area contributed by atoms with Crippen molar-refractivity contribution in [2.75, 3.05) is 53.6 Å². The summed E-state index contributed by atoms with van der Waals surface area (Å²) in [4.78, 5) is 4.09. The normalized spacial score (nSPS) is 16.5. The summed E-state index contributed by atoms with van der Waals surface area (Å²) in [5, 5.41) is 0. The lowest BCUT2D eigenvalue weighted by atomic mass is 10.2. The molecule has 0 aliphatic carbocycles. The average molecular weight is 393 g/mol. The van der Waals surface area contributed by atoms with Crippen molar-refractivity contribution in [3.8, 4) is 0 Å². The van der Waals surface area contributed by atoms with Crippen LogP contribution in [-0.4, -0.2) is 80.6 Å². The second kappa shape index (κ2) is 9.51. The summed E-state index contributed by atoms with van der Waals surface area (Å²) in [6.45, 7) is 15.0. The Hall–Kier alpha value is -0.660. The van der Waals surface area contributed by atoms with Gasteiger partial charge in [0.05, 0.1) is 24.4 Å². The minimum atomic E-state index is -3.73. The van der Waals surface area contributed by atoms with Crippen LogP contribution in [-0.2, 0) is 23.1 Å². The van der Waals surface area contributed by atoms with Crippen LogP contribution in [0.5, 0.6) is 0 Å². The Morgan fingerprint density at radius 1 is 0.885 bits per heavy atom. The van der Waals surface area contributed by atoms with Crippen molar-refractivity contribution >= 4 is 13.7 Å². The van der Waals surface area contributed by atoms with Crippen LogP contribution in [0.2, 0.25) is 0 Å². The van der Waals surface area contributed by atoms with Gasteiger partial charge in [-0.15, -0.1) is 4.76 Å². The molecule has 0 aromatic rings. The molecule has 0 radical (unpaired) electrons.